The van der Waals surface area contributed by atoms with Gasteiger partial charge in [-0.2, -0.15) is 0 Å². The van der Waals surface area contributed by atoms with E-state index < -0.39 is 0 Å². The Bertz CT molecular complexity index is 262. The average Bonchev–Trinajstić information content (AvgIpc) is 2.72. The standard InChI is InChI=1S/C15H31N3O2/c1-4-14(5-2)18(11-12-20-3)15(19)13-17-9-6-7-16-8-10-17/h14,16H,4-13H2,1-3H3. The molecule has 0 unspecified atom stereocenters. The topological polar surface area (TPSA) is 44.8 Å². The molecule has 1 rings (SSSR count). The van der Waals surface area contributed by atoms with Gasteiger partial charge < -0.3 is 15.0 Å². The van der Waals surface area contributed by atoms with Crippen LogP contribution in [0, 0.1) is 0 Å². The van der Waals surface area contributed by atoms with Crippen LogP contribution in [0.25, 0.3) is 0 Å². The monoisotopic (exact) mass is 285 g/mol. The van der Waals surface area contributed by atoms with Gasteiger partial charge in [0, 0.05) is 32.8 Å². The largest absolute Gasteiger partial charge is 0.383 e. The van der Waals surface area contributed by atoms with E-state index in [2.05, 4.69) is 24.1 Å². The van der Waals surface area contributed by atoms with Gasteiger partial charge in [0.05, 0.1) is 13.2 Å². The van der Waals surface area contributed by atoms with Crippen LogP contribution in [0.2, 0.25) is 0 Å². The fourth-order valence-corrected chi connectivity index (χ4v) is 2.77. The van der Waals surface area contributed by atoms with E-state index in [0.717, 1.165) is 45.4 Å². The van der Waals surface area contributed by atoms with Crippen LogP contribution in [-0.2, 0) is 9.53 Å². The van der Waals surface area contributed by atoms with Crippen molar-refractivity contribution in [1.82, 2.24) is 15.1 Å². The highest BCUT2D eigenvalue weighted by atomic mass is 16.5. The summed E-state index contributed by atoms with van der Waals surface area (Å²) in [7, 11) is 1.69. The van der Waals surface area contributed by atoms with E-state index in [1.54, 1.807) is 7.11 Å². The van der Waals surface area contributed by atoms with Gasteiger partial charge in [0.15, 0.2) is 0 Å². The van der Waals surface area contributed by atoms with Gasteiger partial charge in [0.25, 0.3) is 0 Å². The highest BCUT2D eigenvalue weighted by Crippen LogP contribution is 2.10. The molecule has 1 aliphatic rings. The lowest BCUT2D eigenvalue weighted by Crippen LogP contribution is -2.47. The number of nitrogens with zero attached hydrogens (tertiary/aromatic N) is 2. The highest BCUT2D eigenvalue weighted by Gasteiger charge is 2.23. The molecule has 1 saturated heterocycles. The number of rotatable bonds is 8. The number of hydrogen-bond acceptors (Lipinski definition) is 4. The molecule has 0 spiro atoms. The fraction of sp³-hybridized carbons (Fsp3) is 0.933. The molecule has 5 heteroatoms. The molecule has 1 aliphatic heterocycles. The number of nitrogens with one attached hydrogen (secondary N) is 1. The van der Waals surface area contributed by atoms with Crippen molar-refractivity contribution in [3.8, 4) is 0 Å². The van der Waals surface area contributed by atoms with Crippen LogP contribution in [-0.4, -0.2) is 74.7 Å². The Morgan fingerprint density at radius 2 is 2.05 bits per heavy atom. The third-order valence-corrected chi connectivity index (χ3v) is 4.03. The van der Waals surface area contributed by atoms with Crippen molar-refractivity contribution in [2.45, 2.75) is 39.2 Å². The van der Waals surface area contributed by atoms with Crippen LogP contribution < -0.4 is 5.32 Å². The summed E-state index contributed by atoms with van der Waals surface area (Å²) >= 11 is 0. The normalized spacial score (nSPS) is 17.2. The van der Waals surface area contributed by atoms with Gasteiger partial charge in [-0.15, -0.1) is 0 Å². The van der Waals surface area contributed by atoms with Crippen LogP contribution in [0.1, 0.15) is 33.1 Å². The van der Waals surface area contributed by atoms with E-state index in [4.69, 9.17) is 4.74 Å². The lowest BCUT2D eigenvalue weighted by atomic mass is 10.1. The molecular weight excluding hydrogens is 254 g/mol. The van der Waals surface area contributed by atoms with Gasteiger partial charge in [-0.3, -0.25) is 9.69 Å². The molecule has 0 saturated carbocycles. The molecule has 0 aromatic carbocycles. The third-order valence-electron chi connectivity index (χ3n) is 4.03. The molecule has 0 atom stereocenters. The van der Waals surface area contributed by atoms with Crippen LogP contribution in [0.5, 0.6) is 0 Å². The third kappa shape index (κ3) is 5.77. The lowest BCUT2D eigenvalue weighted by molar-refractivity contribution is -0.135. The maximum atomic E-state index is 12.6. The Hall–Kier alpha value is -0.650. The number of hydrogen-bond donors (Lipinski definition) is 1. The van der Waals surface area contributed by atoms with Gasteiger partial charge >= 0.3 is 0 Å². The Labute approximate surface area is 123 Å². The summed E-state index contributed by atoms with van der Waals surface area (Å²) < 4.78 is 5.15. The first-order valence-electron chi connectivity index (χ1n) is 7.94. The minimum absolute atomic E-state index is 0.248. The van der Waals surface area contributed by atoms with E-state index in [0.29, 0.717) is 25.7 Å². The summed E-state index contributed by atoms with van der Waals surface area (Å²) in [5.74, 6) is 0.248. The second-order valence-electron chi connectivity index (χ2n) is 5.43. The van der Waals surface area contributed by atoms with Crippen molar-refractivity contribution in [2.24, 2.45) is 0 Å². The van der Waals surface area contributed by atoms with Gasteiger partial charge in [-0.1, -0.05) is 13.8 Å². The Morgan fingerprint density at radius 3 is 2.70 bits per heavy atom. The van der Waals surface area contributed by atoms with E-state index >= 15 is 0 Å². The number of carbonyl (C=O) groups excluding carboxylic acids is 1. The molecule has 1 heterocycles. The lowest BCUT2D eigenvalue weighted by Gasteiger charge is -2.32. The predicted molar refractivity (Wildman–Crippen MR) is 81.9 cm³/mol. The molecule has 0 aromatic heterocycles. The summed E-state index contributed by atoms with van der Waals surface area (Å²) in [6, 6.07) is 0.336. The number of ether oxygens (including phenoxy) is 1. The molecule has 20 heavy (non-hydrogen) atoms. The maximum absolute atomic E-state index is 12.6. The second-order valence-corrected chi connectivity index (χ2v) is 5.43. The van der Waals surface area contributed by atoms with Crippen molar-refractivity contribution in [2.75, 3.05) is 53.0 Å². The maximum Gasteiger partial charge on any atom is 0.237 e. The zero-order valence-corrected chi connectivity index (χ0v) is 13.4. The average molecular weight is 285 g/mol. The Balaban J connectivity index is 2.56. The van der Waals surface area contributed by atoms with E-state index in [1.165, 1.54) is 0 Å². The summed E-state index contributed by atoms with van der Waals surface area (Å²) in [5.41, 5.74) is 0. The molecular formula is C15H31N3O2. The number of amides is 1. The van der Waals surface area contributed by atoms with E-state index in [1.807, 2.05) is 4.90 Å². The minimum atomic E-state index is 0.248. The van der Waals surface area contributed by atoms with Crippen molar-refractivity contribution in [1.29, 1.82) is 0 Å². The van der Waals surface area contributed by atoms with Crippen LogP contribution in [0.3, 0.4) is 0 Å². The van der Waals surface area contributed by atoms with Crippen molar-refractivity contribution < 1.29 is 9.53 Å². The zero-order chi connectivity index (χ0) is 14.8. The molecule has 1 N–H and O–H groups in total. The molecule has 0 bridgehead atoms. The number of methoxy groups -OCH3 is 1. The molecule has 0 aliphatic carbocycles. The van der Waals surface area contributed by atoms with Gasteiger partial charge in [-0.05, 0) is 32.4 Å². The zero-order valence-electron chi connectivity index (χ0n) is 13.4. The van der Waals surface area contributed by atoms with Crippen LogP contribution in [0.15, 0.2) is 0 Å². The van der Waals surface area contributed by atoms with Gasteiger partial charge in [0.1, 0.15) is 0 Å². The first kappa shape index (κ1) is 17.4. The fourth-order valence-electron chi connectivity index (χ4n) is 2.77. The van der Waals surface area contributed by atoms with Crippen molar-refractivity contribution in [3.05, 3.63) is 0 Å². The van der Waals surface area contributed by atoms with Crippen LogP contribution in [0.4, 0.5) is 0 Å². The minimum Gasteiger partial charge on any atom is -0.383 e. The predicted octanol–water partition coefficient (Wildman–Crippen LogP) is 0.945. The molecule has 5 nitrogen and oxygen atoms in total. The molecule has 118 valence electrons. The van der Waals surface area contributed by atoms with E-state index in [-0.39, 0.29) is 5.91 Å². The molecule has 1 fully saturated rings. The summed E-state index contributed by atoms with van der Waals surface area (Å²) in [6.45, 7) is 10.2. The van der Waals surface area contributed by atoms with Crippen molar-refractivity contribution in [3.63, 3.8) is 0 Å². The van der Waals surface area contributed by atoms with Gasteiger partial charge in [-0.25, -0.2) is 0 Å². The van der Waals surface area contributed by atoms with Crippen molar-refractivity contribution >= 4 is 5.91 Å². The first-order chi connectivity index (χ1) is 9.72. The summed E-state index contributed by atoms with van der Waals surface area (Å²) in [4.78, 5) is 16.9. The second kappa shape index (κ2) is 10.1. The van der Waals surface area contributed by atoms with Gasteiger partial charge in [0.2, 0.25) is 5.91 Å². The summed E-state index contributed by atoms with van der Waals surface area (Å²) in [5, 5.41) is 3.37. The molecule has 0 aromatic rings. The quantitative estimate of drug-likeness (QED) is 0.721. The highest BCUT2D eigenvalue weighted by molar-refractivity contribution is 5.78. The summed E-state index contributed by atoms with van der Waals surface area (Å²) in [6.07, 6.45) is 3.14. The Morgan fingerprint density at radius 1 is 1.30 bits per heavy atom. The Kier molecular flexibility index (Phi) is 8.82. The first-order valence-corrected chi connectivity index (χ1v) is 7.94. The molecule has 1 amide bonds. The molecule has 0 radical (unpaired) electrons. The smallest absolute Gasteiger partial charge is 0.237 e. The SMILES string of the molecule is CCC(CC)N(CCOC)C(=O)CN1CCCNCC1. The number of carbonyl (C=O) groups is 1. The van der Waals surface area contributed by atoms with Crippen LogP contribution >= 0.6 is 0 Å². The van der Waals surface area contributed by atoms with E-state index in [9.17, 15) is 4.79 Å².